The molecular formula is C23H28N4O4. The van der Waals surface area contributed by atoms with Crippen LogP contribution < -0.4 is 5.32 Å². The second kappa shape index (κ2) is 8.61. The number of amides is 3. The fraction of sp³-hybridized carbons (Fsp3) is 0.522. The Labute approximate surface area is 181 Å². The van der Waals surface area contributed by atoms with Gasteiger partial charge >= 0.3 is 0 Å². The molecule has 0 unspecified atom stereocenters. The molecule has 31 heavy (non-hydrogen) atoms. The summed E-state index contributed by atoms with van der Waals surface area (Å²) in [5, 5.41) is 7.26. The summed E-state index contributed by atoms with van der Waals surface area (Å²) in [6, 6.07) is 5.26. The molecule has 1 aliphatic carbocycles. The van der Waals surface area contributed by atoms with Gasteiger partial charge in [0.25, 0.3) is 11.8 Å². The molecule has 8 heteroatoms. The third-order valence-corrected chi connectivity index (χ3v) is 6.20. The molecule has 2 aliphatic rings. The van der Waals surface area contributed by atoms with Crippen LogP contribution in [0.25, 0.3) is 0 Å². The number of benzene rings is 1. The van der Waals surface area contributed by atoms with E-state index in [0.29, 0.717) is 29.3 Å². The van der Waals surface area contributed by atoms with Crippen LogP contribution in [-0.4, -0.2) is 39.3 Å². The van der Waals surface area contributed by atoms with Crippen LogP contribution in [-0.2, 0) is 10.3 Å². The molecule has 3 amide bonds. The molecule has 1 saturated carbocycles. The molecule has 0 radical (unpaired) electrons. The molecule has 4 rings (SSSR count). The van der Waals surface area contributed by atoms with E-state index in [1.165, 1.54) is 4.90 Å². The van der Waals surface area contributed by atoms with E-state index in [1.807, 2.05) is 13.0 Å². The van der Waals surface area contributed by atoms with Crippen molar-refractivity contribution in [3.05, 3.63) is 46.6 Å². The van der Waals surface area contributed by atoms with Gasteiger partial charge in [0.15, 0.2) is 5.82 Å². The largest absolute Gasteiger partial charge is 0.343 e. The first kappa shape index (κ1) is 21.2. The van der Waals surface area contributed by atoms with Crippen LogP contribution in [0.2, 0.25) is 0 Å². The molecule has 1 aliphatic heterocycles. The molecule has 8 nitrogen and oxygen atoms in total. The van der Waals surface area contributed by atoms with E-state index in [-0.39, 0.29) is 30.7 Å². The number of aromatic nitrogens is 2. The summed E-state index contributed by atoms with van der Waals surface area (Å²) in [5.41, 5.74) is 1.20. The number of hydrogen-bond donors (Lipinski definition) is 1. The lowest BCUT2D eigenvalue weighted by Crippen LogP contribution is -2.46. The maximum absolute atomic E-state index is 12.8. The molecule has 1 aromatic heterocycles. The van der Waals surface area contributed by atoms with Crippen molar-refractivity contribution < 1.29 is 18.9 Å². The minimum absolute atomic E-state index is 0.128. The number of rotatable bonds is 6. The molecule has 164 valence electrons. The maximum Gasteiger partial charge on any atom is 0.261 e. The Balaban J connectivity index is 1.38. The second-order valence-electron chi connectivity index (χ2n) is 8.60. The first-order chi connectivity index (χ1) is 14.9. The van der Waals surface area contributed by atoms with E-state index in [9.17, 15) is 14.4 Å². The van der Waals surface area contributed by atoms with Crippen LogP contribution in [0.3, 0.4) is 0 Å². The van der Waals surface area contributed by atoms with Gasteiger partial charge in [-0.1, -0.05) is 42.5 Å². The third-order valence-electron chi connectivity index (χ3n) is 6.20. The Hall–Kier alpha value is -3.03. The number of nitrogens with one attached hydrogen (secondary N) is 1. The first-order valence-electron chi connectivity index (χ1n) is 11.0. The average molecular weight is 425 g/mol. The molecular weight excluding hydrogens is 396 g/mol. The second-order valence-corrected chi connectivity index (χ2v) is 8.60. The van der Waals surface area contributed by atoms with E-state index in [2.05, 4.69) is 15.5 Å². The van der Waals surface area contributed by atoms with Crippen LogP contribution >= 0.6 is 0 Å². The first-order valence-corrected chi connectivity index (χ1v) is 11.0. The highest BCUT2D eigenvalue weighted by atomic mass is 16.5. The smallest absolute Gasteiger partial charge is 0.261 e. The van der Waals surface area contributed by atoms with E-state index in [0.717, 1.165) is 44.1 Å². The van der Waals surface area contributed by atoms with Crippen LogP contribution in [0.1, 0.15) is 89.4 Å². The Bertz CT molecular complexity index is 1000. The SMILES string of the molecule is Cc1ccc2c(c1)C(=O)N(CCCC(=O)NC1(c3noc(C)n3)CCCCCC1)C2=O. The maximum atomic E-state index is 12.8. The highest BCUT2D eigenvalue weighted by Gasteiger charge is 2.39. The monoisotopic (exact) mass is 424 g/mol. The van der Waals surface area contributed by atoms with Gasteiger partial charge in [-0.2, -0.15) is 4.98 Å². The Morgan fingerprint density at radius 3 is 2.48 bits per heavy atom. The average Bonchev–Trinajstić information content (AvgIpc) is 3.16. The minimum atomic E-state index is -0.613. The zero-order valence-corrected chi connectivity index (χ0v) is 18.1. The van der Waals surface area contributed by atoms with Crippen molar-refractivity contribution in [1.29, 1.82) is 0 Å². The number of aryl methyl sites for hydroxylation is 2. The van der Waals surface area contributed by atoms with Crippen LogP contribution in [0.5, 0.6) is 0 Å². The van der Waals surface area contributed by atoms with Crippen molar-refractivity contribution in [2.45, 2.75) is 70.8 Å². The van der Waals surface area contributed by atoms with Gasteiger partial charge in [0.2, 0.25) is 11.8 Å². The summed E-state index contributed by atoms with van der Waals surface area (Å²) in [7, 11) is 0. The summed E-state index contributed by atoms with van der Waals surface area (Å²) in [6.45, 7) is 3.85. The highest BCUT2D eigenvalue weighted by molar-refractivity contribution is 6.21. The van der Waals surface area contributed by atoms with Crippen molar-refractivity contribution in [1.82, 2.24) is 20.4 Å². The number of nitrogens with zero attached hydrogens (tertiary/aromatic N) is 3. The van der Waals surface area contributed by atoms with Gasteiger partial charge < -0.3 is 9.84 Å². The van der Waals surface area contributed by atoms with Crippen LogP contribution in [0, 0.1) is 13.8 Å². The zero-order chi connectivity index (χ0) is 22.0. The van der Waals surface area contributed by atoms with E-state index >= 15 is 0 Å². The Morgan fingerprint density at radius 2 is 1.81 bits per heavy atom. The lowest BCUT2D eigenvalue weighted by Gasteiger charge is -2.30. The van der Waals surface area contributed by atoms with E-state index in [1.54, 1.807) is 19.1 Å². The molecule has 1 aromatic carbocycles. The standard InChI is InChI=1S/C23H28N4O4/c1-15-9-10-17-18(14-15)21(30)27(20(17)29)13-7-8-19(28)25-23(11-5-3-4-6-12-23)22-24-16(2)31-26-22/h9-10,14H,3-8,11-13H2,1-2H3,(H,25,28). The number of carbonyl (C=O) groups excluding carboxylic acids is 3. The predicted octanol–water partition coefficient (Wildman–Crippen LogP) is 3.43. The molecule has 2 aromatic rings. The number of imide groups is 1. The van der Waals surface area contributed by atoms with Gasteiger partial charge in [-0.15, -0.1) is 0 Å². The topological polar surface area (TPSA) is 105 Å². The van der Waals surface area contributed by atoms with E-state index in [4.69, 9.17) is 4.52 Å². The zero-order valence-electron chi connectivity index (χ0n) is 18.1. The van der Waals surface area contributed by atoms with Crippen LogP contribution in [0.4, 0.5) is 0 Å². The lowest BCUT2D eigenvalue weighted by atomic mass is 9.89. The molecule has 1 fully saturated rings. The Morgan fingerprint density at radius 1 is 1.10 bits per heavy atom. The molecule has 0 saturated heterocycles. The van der Waals surface area contributed by atoms with Crippen molar-refractivity contribution in [3.63, 3.8) is 0 Å². The fourth-order valence-corrected chi connectivity index (χ4v) is 4.56. The predicted molar refractivity (Wildman–Crippen MR) is 112 cm³/mol. The summed E-state index contributed by atoms with van der Waals surface area (Å²) in [5.74, 6) is 0.316. The summed E-state index contributed by atoms with van der Waals surface area (Å²) >= 11 is 0. The minimum Gasteiger partial charge on any atom is -0.343 e. The van der Waals surface area contributed by atoms with Crippen molar-refractivity contribution in [2.24, 2.45) is 0 Å². The molecule has 0 spiro atoms. The van der Waals surface area contributed by atoms with Gasteiger partial charge in [-0.25, -0.2) is 0 Å². The van der Waals surface area contributed by atoms with Crippen LogP contribution in [0.15, 0.2) is 22.7 Å². The normalized spacial score (nSPS) is 18.1. The van der Waals surface area contributed by atoms with Gasteiger partial charge in [0.1, 0.15) is 5.54 Å². The van der Waals surface area contributed by atoms with Gasteiger partial charge in [-0.05, 0) is 38.3 Å². The van der Waals surface area contributed by atoms with Crippen molar-refractivity contribution >= 4 is 17.7 Å². The summed E-state index contributed by atoms with van der Waals surface area (Å²) in [6.07, 6.45) is 6.37. The number of fused-ring (bicyclic) bond motifs is 1. The van der Waals surface area contributed by atoms with Crippen molar-refractivity contribution in [2.75, 3.05) is 6.54 Å². The Kier molecular flexibility index (Phi) is 5.89. The van der Waals surface area contributed by atoms with Gasteiger partial charge in [0, 0.05) is 19.9 Å². The number of hydrogen-bond acceptors (Lipinski definition) is 6. The number of carbonyl (C=O) groups is 3. The quantitative estimate of drug-likeness (QED) is 0.563. The molecule has 0 atom stereocenters. The highest BCUT2D eigenvalue weighted by Crippen LogP contribution is 2.34. The fourth-order valence-electron chi connectivity index (χ4n) is 4.56. The molecule has 2 heterocycles. The molecule has 1 N–H and O–H groups in total. The molecule has 0 bridgehead atoms. The van der Waals surface area contributed by atoms with Crippen molar-refractivity contribution in [3.8, 4) is 0 Å². The summed E-state index contributed by atoms with van der Waals surface area (Å²) < 4.78 is 5.18. The van der Waals surface area contributed by atoms with E-state index < -0.39 is 5.54 Å². The lowest BCUT2D eigenvalue weighted by molar-refractivity contribution is -0.123. The van der Waals surface area contributed by atoms with Gasteiger partial charge in [0.05, 0.1) is 11.1 Å². The third kappa shape index (κ3) is 4.24. The van der Waals surface area contributed by atoms with Gasteiger partial charge in [-0.3, -0.25) is 19.3 Å². The summed E-state index contributed by atoms with van der Waals surface area (Å²) in [4.78, 5) is 43.6.